The van der Waals surface area contributed by atoms with E-state index in [9.17, 15) is 4.79 Å². The maximum absolute atomic E-state index is 11.9. The fourth-order valence-corrected chi connectivity index (χ4v) is 3.91. The first-order valence-electron chi connectivity index (χ1n) is 9.28. The van der Waals surface area contributed by atoms with Gasteiger partial charge in [0.2, 0.25) is 11.8 Å². The molecule has 2 aromatic rings. The van der Waals surface area contributed by atoms with E-state index in [4.69, 9.17) is 4.42 Å². The van der Waals surface area contributed by atoms with Crippen LogP contribution in [0.15, 0.2) is 23.0 Å². The van der Waals surface area contributed by atoms with Gasteiger partial charge in [0.25, 0.3) is 0 Å². The summed E-state index contributed by atoms with van der Waals surface area (Å²) in [4.78, 5) is 20.5. The maximum atomic E-state index is 11.9. The Kier molecular flexibility index (Phi) is 3.62. The fourth-order valence-electron chi connectivity index (χ4n) is 3.91. The number of anilines is 1. The highest BCUT2D eigenvalue weighted by Gasteiger charge is 2.30. The fraction of sp³-hybridized carbons (Fsp3) is 0.611. The zero-order valence-corrected chi connectivity index (χ0v) is 14.3. The van der Waals surface area contributed by atoms with Crippen molar-refractivity contribution in [3.8, 4) is 0 Å². The van der Waals surface area contributed by atoms with E-state index in [1.54, 1.807) is 0 Å². The van der Waals surface area contributed by atoms with Crippen molar-refractivity contribution in [2.75, 3.05) is 24.5 Å². The minimum absolute atomic E-state index is 0.211. The minimum Gasteiger partial charge on any atom is -0.444 e. The van der Waals surface area contributed by atoms with Gasteiger partial charge in [-0.3, -0.25) is 14.4 Å². The molecule has 2 aromatic heterocycles. The lowest BCUT2D eigenvalue weighted by atomic mass is 10.3. The van der Waals surface area contributed by atoms with Gasteiger partial charge in [-0.2, -0.15) is 5.10 Å². The van der Waals surface area contributed by atoms with Gasteiger partial charge in [0.1, 0.15) is 5.76 Å². The molecule has 7 nitrogen and oxygen atoms in total. The topological polar surface area (TPSA) is 67.4 Å². The van der Waals surface area contributed by atoms with E-state index in [1.165, 1.54) is 12.8 Å². The average molecular weight is 341 g/mol. The van der Waals surface area contributed by atoms with Crippen LogP contribution in [-0.2, 0) is 11.3 Å². The van der Waals surface area contributed by atoms with Gasteiger partial charge < -0.3 is 9.32 Å². The summed E-state index contributed by atoms with van der Waals surface area (Å²) in [6, 6.07) is 0.351. The Morgan fingerprint density at radius 1 is 1.20 bits per heavy atom. The van der Waals surface area contributed by atoms with Gasteiger partial charge in [-0.15, -0.1) is 0 Å². The first-order valence-corrected chi connectivity index (χ1v) is 9.28. The van der Waals surface area contributed by atoms with Gasteiger partial charge in [-0.05, 0) is 25.7 Å². The number of aromatic nitrogens is 3. The largest absolute Gasteiger partial charge is 0.444 e. The SMILES string of the molecule is O=C1CCCN1c1cnn(C2CCN(Cc3ncc(C4CC4)o3)C2)c1. The van der Waals surface area contributed by atoms with Crippen LogP contribution in [0.5, 0.6) is 0 Å². The summed E-state index contributed by atoms with van der Waals surface area (Å²) in [5.74, 6) is 2.70. The summed E-state index contributed by atoms with van der Waals surface area (Å²) in [7, 11) is 0. The van der Waals surface area contributed by atoms with Crippen LogP contribution in [0.4, 0.5) is 5.69 Å². The van der Waals surface area contributed by atoms with E-state index in [-0.39, 0.29) is 5.91 Å². The number of rotatable bonds is 5. The van der Waals surface area contributed by atoms with Crippen molar-refractivity contribution >= 4 is 11.6 Å². The lowest BCUT2D eigenvalue weighted by Gasteiger charge is -2.15. The second-order valence-electron chi connectivity index (χ2n) is 7.44. The molecule has 1 atom stereocenters. The molecule has 0 radical (unpaired) electrons. The number of amides is 1. The van der Waals surface area contributed by atoms with Gasteiger partial charge in [-0.1, -0.05) is 0 Å². The average Bonchev–Trinajstić information content (AvgIpc) is 3.07. The monoisotopic (exact) mass is 341 g/mol. The number of likely N-dealkylation sites (tertiary alicyclic amines) is 1. The highest BCUT2D eigenvalue weighted by molar-refractivity contribution is 5.95. The van der Waals surface area contributed by atoms with Gasteiger partial charge in [-0.25, -0.2) is 4.98 Å². The zero-order chi connectivity index (χ0) is 16.8. The van der Waals surface area contributed by atoms with E-state index in [2.05, 4.69) is 15.0 Å². The molecule has 132 valence electrons. The third-order valence-electron chi connectivity index (χ3n) is 5.50. The number of hydrogen-bond acceptors (Lipinski definition) is 5. The third-order valence-corrected chi connectivity index (χ3v) is 5.50. The van der Waals surface area contributed by atoms with Crippen LogP contribution in [0.1, 0.15) is 55.7 Å². The van der Waals surface area contributed by atoms with E-state index in [0.717, 1.165) is 56.4 Å². The molecular weight excluding hydrogens is 318 g/mol. The Morgan fingerprint density at radius 3 is 2.92 bits per heavy atom. The lowest BCUT2D eigenvalue weighted by Crippen LogP contribution is -2.23. The first kappa shape index (κ1) is 15.1. The van der Waals surface area contributed by atoms with Crippen molar-refractivity contribution in [3.05, 3.63) is 30.2 Å². The van der Waals surface area contributed by atoms with Crippen LogP contribution in [0, 0.1) is 0 Å². The van der Waals surface area contributed by atoms with Crippen LogP contribution in [0.25, 0.3) is 0 Å². The Bertz CT molecular complexity index is 778. The highest BCUT2D eigenvalue weighted by atomic mass is 16.4. The van der Waals surface area contributed by atoms with Gasteiger partial charge >= 0.3 is 0 Å². The minimum atomic E-state index is 0.211. The summed E-state index contributed by atoms with van der Waals surface area (Å²) >= 11 is 0. The Balaban J connectivity index is 1.21. The second kappa shape index (κ2) is 5.98. The van der Waals surface area contributed by atoms with E-state index < -0.39 is 0 Å². The molecule has 0 N–H and O–H groups in total. The van der Waals surface area contributed by atoms with Gasteiger partial charge in [0.05, 0.1) is 30.7 Å². The molecule has 1 saturated carbocycles. The normalized spacial score (nSPS) is 24.6. The molecule has 0 bridgehead atoms. The van der Waals surface area contributed by atoms with Gasteiger partial charge in [0, 0.05) is 38.2 Å². The van der Waals surface area contributed by atoms with E-state index in [1.807, 2.05) is 28.2 Å². The van der Waals surface area contributed by atoms with Crippen molar-refractivity contribution < 1.29 is 9.21 Å². The number of carbonyl (C=O) groups is 1. The van der Waals surface area contributed by atoms with Crippen molar-refractivity contribution in [2.24, 2.45) is 0 Å². The summed E-state index contributed by atoms with van der Waals surface area (Å²) < 4.78 is 7.89. The molecule has 1 unspecified atom stereocenters. The second-order valence-corrected chi connectivity index (χ2v) is 7.44. The molecule has 0 aromatic carbocycles. The quantitative estimate of drug-likeness (QED) is 0.835. The van der Waals surface area contributed by atoms with Crippen LogP contribution in [-0.4, -0.2) is 45.2 Å². The van der Waals surface area contributed by atoms with Crippen LogP contribution < -0.4 is 4.90 Å². The number of hydrogen-bond donors (Lipinski definition) is 0. The predicted molar refractivity (Wildman–Crippen MR) is 91.2 cm³/mol. The number of oxazole rings is 1. The molecule has 0 spiro atoms. The maximum Gasteiger partial charge on any atom is 0.227 e. The van der Waals surface area contributed by atoms with E-state index >= 15 is 0 Å². The highest BCUT2D eigenvalue weighted by Crippen LogP contribution is 2.40. The van der Waals surface area contributed by atoms with Crippen molar-refractivity contribution in [2.45, 2.75) is 50.6 Å². The smallest absolute Gasteiger partial charge is 0.227 e. The van der Waals surface area contributed by atoms with Gasteiger partial charge in [0.15, 0.2) is 0 Å². The molecule has 7 heteroatoms. The number of nitrogens with zero attached hydrogens (tertiary/aromatic N) is 5. The molecule has 1 amide bonds. The molecule has 1 aliphatic carbocycles. The standard InChI is InChI=1S/C18H23N5O2/c24-18-2-1-6-22(18)15-8-20-23(11-15)14-5-7-21(10-14)12-17-19-9-16(25-17)13-3-4-13/h8-9,11,13-14H,1-7,10,12H2. The van der Waals surface area contributed by atoms with Crippen molar-refractivity contribution in [1.29, 1.82) is 0 Å². The lowest BCUT2D eigenvalue weighted by molar-refractivity contribution is -0.117. The third kappa shape index (κ3) is 2.97. The first-order chi connectivity index (χ1) is 12.3. The Hall–Kier alpha value is -2.15. The summed E-state index contributed by atoms with van der Waals surface area (Å²) in [6.45, 7) is 3.54. The zero-order valence-electron chi connectivity index (χ0n) is 14.3. The van der Waals surface area contributed by atoms with Crippen LogP contribution >= 0.6 is 0 Å². The molecular formula is C18H23N5O2. The van der Waals surface area contributed by atoms with Crippen molar-refractivity contribution in [1.82, 2.24) is 19.7 Å². The van der Waals surface area contributed by atoms with Crippen molar-refractivity contribution in [3.63, 3.8) is 0 Å². The molecule has 25 heavy (non-hydrogen) atoms. The molecule has 2 saturated heterocycles. The van der Waals surface area contributed by atoms with E-state index in [0.29, 0.717) is 18.4 Å². The Morgan fingerprint density at radius 2 is 2.12 bits per heavy atom. The summed E-state index contributed by atoms with van der Waals surface area (Å²) in [6.07, 6.45) is 10.9. The molecule has 3 fully saturated rings. The molecule has 3 aliphatic rings. The van der Waals surface area contributed by atoms with Crippen LogP contribution in [0.3, 0.4) is 0 Å². The predicted octanol–water partition coefficient (Wildman–Crippen LogP) is 2.32. The Labute approximate surface area is 146 Å². The van der Waals surface area contributed by atoms with Crippen LogP contribution in [0.2, 0.25) is 0 Å². The molecule has 2 aliphatic heterocycles. The number of carbonyl (C=O) groups excluding carboxylic acids is 1. The summed E-state index contributed by atoms with van der Waals surface area (Å²) in [5.41, 5.74) is 0.933. The summed E-state index contributed by atoms with van der Waals surface area (Å²) in [5, 5.41) is 4.51. The molecule has 5 rings (SSSR count). The molecule has 4 heterocycles.